The average molecular weight is 449 g/mol. The molecule has 0 spiro atoms. The summed E-state index contributed by atoms with van der Waals surface area (Å²) < 4.78 is 10.6. The molecule has 2 aromatic rings. The van der Waals surface area contributed by atoms with E-state index in [-0.39, 0.29) is 5.91 Å². The Labute approximate surface area is 171 Å². The maximum atomic E-state index is 12.2. The third-order valence-corrected chi connectivity index (χ3v) is 4.22. The number of hydrogen-bond acceptors (Lipinski definition) is 5. The van der Waals surface area contributed by atoms with Gasteiger partial charge in [-0.05, 0) is 72.3 Å². The van der Waals surface area contributed by atoms with E-state index in [4.69, 9.17) is 9.15 Å². The van der Waals surface area contributed by atoms with Crippen LogP contribution in [-0.4, -0.2) is 42.4 Å². The molecule has 0 saturated carbocycles. The average Bonchev–Trinajstić information content (AvgIpc) is 3.11. The van der Waals surface area contributed by atoms with Gasteiger partial charge in [0.25, 0.3) is 11.8 Å². The van der Waals surface area contributed by atoms with Crippen molar-refractivity contribution in [2.75, 3.05) is 25.0 Å². The number of esters is 1. The fraction of sp³-hybridized carbons (Fsp3) is 0.250. The van der Waals surface area contributed by atoms with Crippen molar-refractivity contribution in [2.45, 2.75) is 13.8 Å². The van der Waals surface area contributed by atoms with E-state index in [0.717, 1.165) is 0 Å². The van der Waals surface area contributed by atoms with Crippen molar-refractivity contribution in [3.63, 3.8) is 0 Å². The van der Waals surface area contributed by atoms with Gasteiger partial charge in [-0.3, -0.25) is 9.59 Å². The predicted octanol–water partition coefficient (Wildman–Crippen LogP) is 3.72. The van der Waals surface area contributed by atoms with E-state index in [1.165, 1.54) is 12.2 Å². The summed E-state index contributed by atoms with van der Waals surface area (Å²) in [5.41, 5.74) is 1.05. The second kappa shape index (κ2) is 10.5. The summed E-state index contributed by atoms with van der Waals surface area (Å²) in [5.74, 6) is -0.729. The van der Waals surface area contributed by atoms with E-state index in [1.54, 1.807) is 41.3 Å². The molecule has 0 fully saturated rings. The summed E-state index contributed by atoms with van der Waals surface area (Å²) in [4.78, 5) is 37.5. The molecule has 28 heavy (non-hydrogen) atoms. The summed E-state index contributed by atoms with van der Waals surface area (Å²) in [6.07, 6.45) is 2.61. The van der Waals surface area contributed by atoms with Crippen LogP contribution in [0.3, 0.4) is 0 Å². The van der Waals surface area contributed by atoms with Gasteiger partial charge in [-0.2, -0.15) is 0 Å². The number of rotatable bonds is 8. The molecule has 1 aromatic carbocycles. The Balaban J connectivity index is 1.81. The molecule has 2 amide bonds. The van der Waals surface area contributed by atoms with Crippen molar-refractivity contribution >= 4 is 45.5 Å². The maximum absolute atomic E-state index is 12.2. The van der Waals surface area contributed by atoms with Crippen LogP contribution in [0.4, 0.5) is 5.69 Å². The Kier molecular flexibility index (Phi) is 8.01. The molecular formula is C20H21BrN2O5. The number of amides is 2. The molecule has 0 aliphatic heterocycles. The minimum Gasteiger partial charge on any atom is -0.452 e. The number of hydrogen-bond donors (Lipinski definition) is 1. The monoisotopic (exact) mass is 448 g/mol. The summed E-state index contributed by atoms with van der Waals surface area (Å²) >= 11 is 3.16. The van der Waals surface area contributed by atoms with Gasteiger partial charge in [0, 0.05) is 30.4 Å². The Morgan fingerprint density at radius 2 is 1.79 bits per heavy atom. The second-order valence-electron chi connectivity index (χ2n) is 5.69. The van der Waals surface area contributed by atoms with E-state index in [1.807, 2.05) is 13.8 Å². The number of halogens is 1. The van der Waals surface area contributed by atoms with Crippen LogP contribution >= 0.6 is 15.9 Å². The van der Waals surface area contributed by atoms with E-state index in [0.29, 0.717) is 34.8 Å². The zero-order valence-electron chi connectivity index (χ0n) is 15.6. The summed E-state index contributed by atoms with van der Waals surface area (Å²) in [6.45, 7) is 4.67. The van der Waals surface area contributed by atoms with E-state index in [9.17, 15) is 14.4 Å². The topological polar surface area (TPSA) is 88.9 Å². The predicted molar refractivity (Wildman–Crippen MR) is 109 cm³/mol. The Hall–Kier alpha value is -2.87. The van der Waals surface area contributed by atoms with Gasteiger partial charge in [0.2, 0.25) is 0 Å². The Morgan fingerprint density at radius 1 is 1.11 bits per heavy atom. The fourth-order valence-electron chi connectivity index (χ4n) is 2.34. The Bertz CT molecular complexity index is 854. The van der Waals surface area contributed by atoms with Crippen LogP contribution in [0.2, 0.25) is 0 Å². The van der Waals surface area contributed by atoms with Crippen LogP contribution in [0.25, 0.3) is 6.08 Å². The molecule has 0 aliphatic rings. The van der Waals surface area contributed by atoms with Crippen LogP contribution in [0.1, 0.15) is 30.0 Å². The molecule has 0 atom stereocenters. The number of ether oxygens (including phenoxy) is 1. The highest BCUT2D eigenvalue weighted by Gasteiger charge is 2.12. The van der Waals surface area contributed by atoms with Crippen molar-refractivity contribution in [1.82, 2.24) is 4.90 Å². The first-order valence-electron chi connectivity index (χ1n) is 8.72. The van der Waals surface area contributed by atoms with Crippen LogP contribution in [0.15, 0.2) is 51.6 Å². The molecule has 0 saturated heterocycles. The van der Waals surface area contributed by atoms with Crippen molar-refractivity contribution in [3.8, 4) is 0 Å². The molecule has 0 radical (unpaired) electrons. The van der Waals surface area contributed by atoms with E-state index >= 15 is 0 Å². The minimum atomic E-state index is -0.664. The summed E-state index contributed by atoms with van der Waals surface area (Å²) in [6, 6.07) is 9.92. The number of carbonyl (C=O) groups excluding carboxylic acids is 3. The molecule has 1 heterocycles. The number of nitrogens with one attached hydrogen (secondary N) is 1. The highest BCUT2D eigenvalue weighted by molar-refractivity contribution is 9.10. The molecule has 1 N–H and O–H groups in total. The molecule has 2 rings (SSSR count). The third-order valence-electron chi connectivity index (χ3n) is 3.79. The number of anilines is 1. The third kappa shape index (κ3) is 6.38. The largest absolute Gasteiger partial charge is 0.452 e. The van der Waals surface area contributed by atoms with Crippen LogP contribution in [0, 0.1) is 0 Å². The molecule has 0 bridgehead atoms. The first-order chi connectivity index (χ1) is 13.4. The van der Waals surface area contributed by atoms with Crippen molar-refractivity contribution < 1.29 is 23.5 Å². The van der Waals surface area contributed by atoms with Crippen molar-refractivity contribution in [3.05, 3.63) is 58.5 Å². The van der Waals surface area contributed by atoms with Gasteiger partial charge in [0.15, 0.2) is 11.3 Å². The van der Waals surface area contributed by atoms with Gasteiger partial charge >= 0.3 is 5.97 Å². The quantitative estimate of drug-likeness (QED) is 0.490. The lowest BCUT2D eigenvalue weighted by atomic mass is 10.2. The van der Waals surface area contributed by atoms with Crippen molar-refractivity contribution in [2.24, 2.45) is 0 Å². The lowest BCUT2D eigenvalue weighted by Gasteiger charge is -2.18. The highest BCUT2D eigenvalue weighted by atomic mass is 79.9. The fourth-order valence-corrected chi connectivity index (χ4v) is 2.66. The summed E-state index contributed by atoms with van der Waals surface area (Å²) in [5, 5.41) is 2.61. The zero-order valence-corrected chi connectivity index (χ0v) is 17.2. The minimum absolute atomic E-state index is 0.0628. The van der Waals surface area contributed by atoms with Gasteiger partial charge in [-0.15, -0.1) is 0 Å². The normalized spacial score (nSPS) is 10.7. The Morgan fingerprint density at radius 3 is 2.36 bits per heavy atom. The smallest absolute Gasteiger partial charge is 0.331 e. The number of carbonyl (C=O) groups is 3. The molecule has 7 nitrogen and oxygen atoms in total. The molecule has 0 aliphatic carbocycles. The molecule has 0 unspecified atom stereocenters. The maximum Gasteiger partial charge on any atom is 0.331 e. The van der Waals surface area contributed by atoms with Gasteiger partial charge in [0.1, 0.15) is 5.76 Å². The molecule has 1 aromatic heterocycles. The number of furan rings is 1. The zero-order chi connectivity index (χ0) is 20.5. The van der Waals surface area contributed by atoms with Crippen LogP contribution < -0.4 is 5.32 Å². The second-order valence-corrected chi connectivity index (χ2v) is 6.47. The van der Waals surface area contributed by atoms with Gasteiger partial charge < -0.3 is 19.4 Å². The van der Waals surface area contributed by atoms with E-state index < -0.39 is 18.5 Å². The van der Waals surface area contributed by atoms with Crippen LogP contribution in [0.5, 0.6) is 0 Å². The lowest BCUT2D eigenvalue weighted by molar-refractivity contribution is -0.142. The first-order valence-corrected chi connectivity index (χ1v) is 9.51. The van der Waals surface area contributed by atoms with Gasteiger partial charge in [-0.1, -0.05) is 0 Å². The van der Waals surface area contributed by atoms with E-state index in [2.05, 4.69) is 21.2 Å². The first kappa shape index (κ1) is 21.4. The summed E-state index contributed by atoms with van der Waals surface area (Å²) in [7, 11) is 0. The molecular weight excluding hydrogens is 428 g/mol. The lowest BCUT2D eigenvalue weighted by Crippen LogP contribution is -2.30. The van der Waals surface area contributed by atoms with Gasteiger partial charge in [0.05, 0.1) is 0 Å². The van der Waals surface area contributed by atoms with Crippen molar-refractivity contribution in [1.29, 1.82) is 0 Å². The SMILES string of the molecule is CCN(CC)C(=O)c1ccc(NC(=O)COC(=O)/C=C/c2ccc(Br)o2)cc1. The molecule has 8 heteroatoms. The number of nitrogens with zero attached hydrogens (tertiary/aromatic N) is 1. The molecule has 148 valence electrons. The highest BCUT2D eigenvalue weighted by Crippen LogP contribution is 2.15. The standard InChI is InChI=1S/C20H21BrN2O5/c1-3-23(4-2)20(26)14-5-7-15(8-6-14)22-18(24)13-27-19(25)12-10-16-9-11-17(21)28-16/h5-12H,3-4,13H2,1-2H3,(H,22,24)/b12-10+. The van der Waals surface area contributed by atoms with Gasteiger partial charge in [-0.25, -0.2) is 4.79 Å². The number of benzene rings is 1. The van der Waals surface area contributed by atoms with Crippen LogP contribution in [-0.2, 0) is 14.3 Å².